The van der Waals surface area contributed by atoms with E-state index in [4.69, 9.17) is 14.2 Å². The molecule has 3 aromatic rings. The number of anilines is 1. The lowest BCUT2D eigenvalue weighted by atomic mass is 10.1. The highest BCUT2D eigenvalue weighted by Crippen LogP contribution is 2.32. The Morgan fingerprint density at radius 2 is 1.73 bits per heavy atom. The molecule has 7 heteroatoms. The van der Waals surface area contributed by atoms with Crippen LogP contribution in [-0.4, -0.2) is 23.7 Å². The summed E-state index contributed by atoms with van der Waals surface area (Å²) in [5.74, 6) is 1.43. The van der Waals surface area contributed by atoms with E-state index < -0.39 is 5.97 Å². The standard InChI is InChI=1S/C23H18N2O5/c1-15(26)25-22-12-17(10-11-24-22)3-2-16-4-7-19(8-5-16)30-23(27)18-6-9-20-21(13-18)29-14-28-20/h2-13H,14H2,1H3,(H,24,25,26)/b3-2+. The predicted octanol–water partition coefficient (Wildman–Crippen LogP) is 4.16. The van der Waals surface area contributed by atoms with Gasteiger partial charge in [-0.1, -0.05) is 24.3 Å². The minimum absolute atomic E-state index is 0.150. The lowest BCUT2D eigenvalue weighted by Gasteiger charge is -2.05. The molecule has 0 aliphatic carbocycles. The van der Waals surface area contributed by atoms with Crippen LogP contribution < -0.4 is 19.5 Å². The maximum atomic E-state index is 12.3. The monoisotopic (exact) mass is 402 g/mol. The molecule has 0 bridgehead atoms. The van der Waals surface area contributed by atoms with Crippen LogP contribution in [0.4, 0.5) is 5.82 Å². The molecule has 0 unspecified atom stereocenters. The molecule has 1 aliphatic heterocycles. The van der Waals surface area contributed by atoms with Crippen molar-refractivity contribution in [1.29, 1.82) is 0 Å². The van der Waals surface area contributed by atoms with Crippen molar-refractivity contribution in [1.82, 2.24) is 4.98 Å². The first-order chi connectivity index (χ1) is 14.6. The Morgan fingerprint density at radius 1 is 0.967 bits per heavy atom. The van der Waals surface area contributed by atoms with Gasteiger partial charge in [0.25, 0.3) is 0 Å². The van der Waals surface area contributed by atoms with Crippen molar-refractivity contribution < 1.29 is 23.8 Å². The predicted molar refractivity (Wildman–Crippen MR) is 111 cm³/mol. The van der Waals surface area contributed by atoms with Crippen molar-refractivity contribution in [3.05, 3.63) is 77.5 Å². The van der Waals surface area contributed by atoms with Gasteiger partial charge in [-0.2, -0.15) is 0 Å². The van der Waals surface area contributed by atoms with E-state index in [0.717, 1.165) is 11.1 Å². The van der Waals surface area contributed by atoms with E-state index in [1.54, 1.807) is 42.6 Å². The number of hydrogen-bond donors (Lipinski definition) is 1. The third-order valence-corrected chi connectivity index (χ3v) is 4.26. The average molecular weight is 402 g/mol. The summed E-state index contributed by atoms with van der Waals surface area (Å²) < 4.78 is 15.9. The Kier molecular flexibility index (Phi) is 5.43. The average Bonchev–Trinajstić information content (AvgIpc) is 3.21. The number of esters is 1. The van der Waals surface area contributed by atoms with Gasteiger partial charge in [-0.25, -0.2) is 9.78 Å². The number of fused-ring (bicyclic) bond motifs is 1. The molecule has 0 spiro atoms. The second-order valence-electron chi connectivity index (χ2n) is 6.52. The number of amides is 1. The summed E-state index contributed by atoms with van der Waals surface area (Å²) in [6.07, 6.45) is 5.45. The number of carbonyl (C=O) groups is 2. The van der Waals surface area contributed by atoms with E-state index in [1.807, 2.05) is 30.4 Å². The molecule has 0 radical (unpaired) electrons. The Bertz CT molecular complexity index is 1120. The normalized spacial score (nSPS) is 12.0. The van der Waals surface area contributed by atoms with Crippen LogP contribution in [0.3, 0.4) is 0 Å². The van der Waals surface area contributed by atoms with Crippen LogP contribution in [0.2, 0.25) is 0 Å². The number of ether oxygens (including phenoxy) is 3. The molecule has 30 heavy (non-hydrogen) atoms. The zero-order valence-electron chi connectivity index (χ0n) is 16.1. The fraction of sp³-hybridized carbons (Fsp3) is 0.0870. The fourth-order valence-corrected chi connectivity index (χ4v) is 2.83. The van der Waals surface area contributed by atoms with Gasteiger partial charge < -0.3 is 19.5 Å². The fourth-order valence-electron chi connectivity index (χ4n) is 2.83. The largest absolute Gasteiger partial charge is 0.454 e. The number of benzene rings is 2. The van der Waals surface area contributed by atoms with E-state index in [1.165, 1.54) is 6.92 Å². The summed E-state index contributed by atoms with van der Waals surface area (Å²) in [7, 11) is 0. The van der Waals surface area contributed by atoms with E-state index in [9.17, 15) is 9.59 Å². The van der Waals surface area contributed by atoms with Crippen LogP contribution in [-0.2, 0) is 4.79 Å². The van der Waals surface area contributed by atoms with Crippen LogP contribution in [0.1, 0.15) is 28.4 Å². The zero-order chi connectivity index (χ0) is 20.9. The van der Waals surface area contributed by atoms with Crippen molar-refractivity contribution in [3.8, 4) is 17.2 Å². The van der Waals surface area contributed by atoms with E-state index in [2.05, 4.69) is 10.3 Å². The minimum Gasteiger partial charge on any atom is -0.454 e. The van der Waals surface area contributed by atoms with Crippen LogP contribution in [0.25, 0.3) is 12.2 Å². The summed E-state index contributed by atoms with van der Waals surface area (Å²) in [4.78, 5) is 27.6. The highest BCUT2D eigenvalue weighted by molar-refractivity contribution is 5.92. The van der Waals surface area contributed by atoms with Crippen LogP contribution in [0.5, 0.6) is 17.2 Å². The first-order valence-electron chi connectivity index (χ1n) is 9.20. The lowest BCUT2D eigenvalue weighted by Crippen LogP contribution is -2.08. The lowest BCUT2D eigenvalue weighted by molar-refractivity contribution is -0.114. The Morgan fingerprint density at radius 3 is 2.53 bits per heavy atom. The Balaban J connectivity index is 1.40. The van der Waals surface area contributed by atoms with Crippen molar-refractivity contribution in [2.75, 3.05) is 12.1 Å². The van der Waals surface area contributed by atoms with Gasteiger partial charge in [-0.15, -0.1) is 0 Å². The molecule has 1 amide bonds. The van der Waals surface area contributed by atoms with Crippen molar-refractivity contribution >= 4 is 29.8 Å². The van der Waals surface area contributed by atoms with Crippen molar-refractivity contribution in [3.63, 3.8) is 0 Å². The highest BCUT2D eigenvalue weighted by atomic mass is 16.7. The maximum absolute atomic E-state index is 12.3. The number of pyridine rings is 1. The number of aromatic nitrogens is 1. The Labute approximate surface area is 172 Å². The molecule has 150 valence electrons. The van der Waals surface area contributed by atoms with E-state index >= 15 is 0 Å². The van der Waals surface area contributed by atoms with Crippen molar-refractivity contribution in [2.45, 2.75) is 6.92 Å². The van der Waals surface area contributed by atoms with Gasteiger partial charge in [-0.3, -0.25) is 4.79 Å². The molecule has 1 N–H and O–H groups in total. The molecule has 0 saturated heterocycles. The zero-order valence-corrected chi connectivity index (χ0v) is 16.1. The van der Waals surface area contributed by atoms with Gasteiger partial charge in [-0.05, 0) is 53.6 Å². The molecule has 2 heterocycles. The summed E-state index contributed by atoms with van der Waals surface area (Å²) >= 11 is 0. The summed E-state index contributed by atoms with van der Waals surface area (Å²) in [6, 6.07) is 15.7. The van der Waals surface area contributed by atoms with Crippen molar-refractivity contribution in [2.24, 2.45) is 0 Å². The molecule has 0 atom stereocenters. The van der Waals surface area contributed by atoms with Gasteiger partial charge in [0.1, 0.15) is 11.6 Å². The molecule has 1 aromatic heterocycles. The summed E-state index contributed by atoms with van der Waals surface area (Å²) in [5.41, 5.74) is 2.21. The first-order valence-corrected chi connectivity index (χ1v) is 9.20. The maximum Gasteiger partial charge on any atom is 0.343 e. The minimum atomic E-state index is -0.473. The van der Waals surface area contributed by atoms with Crippen LogP contribution >= 0.6 is 0 Å². The quantitative estimate of drug-likeness (QED) is 0.509. The second kappa shape index (κ2) is 8.48. The van der Waals surface area contributed by atoms with Gasteiger partial charge >= 0.3 is 5.97 Å². The molecule has 0 fully saturated rings. The smallest absolute Gasteiger partial charge is 0.343 e. The number of carbonyl (C=O) groups excluding carboxylic acids is 2. The SMILES string of the molecule is CC(=O)Nc1cc(/C=C/c2ccc(OC(=O)c3ccc4c(c3)OCO4)cc2)ccn1. The molecule has 1 aliphatic rings. The third-order valence-electron chi connectivity index (χ3n) is 4.26. The van der Waals surface area contributed by atoms with Gasteiger partial charge in [0.2, 0.25) is 12.7 Å². The number of nitrogens with one attached hydrogen (secondary N) is 1. The number of nitrogens with zero attached hydrogens (tertiary/aromatic N) is 1. The number of rotatable bonds is 5. The molecular weight excluding hydrogens is 384 g/mol. The first kappa shape index (κ1) is 19.2. The third kappa shape index (κ3) is 4.64. The van der Waals surface area contributed by atoms with Crippen LogP contribution in [0, 0.1) is 0 Å². The van der Waals surface area contributed by atoms with Gasteiger partial charge in [0.15, 0.2) is 11.5 Å². The molecular formula is C23H18N2O5. The summed E-state index contributed by atoms with van der Waals surface area (Å²) in [6.45, 7) is 1.59. The molecule has 7 nitrogen and oxygen atoms in total. The molecule has 2 aromatic carbocycles. The topological polar surface area (TPSA) is 86.8 Å². The highest BCUT2D eigenvalue weighted by Gasteiger charge is 2.17. The van der Waals surface area contributed by atoms with Gasteiger partial charge in [0, 0.05) is 13.1 Å². The molecule has 0 saturated carbocycles. The Hall–Kier alpha value is -4.13. The van der Waals surface area contributed by atoms with Crippen LogP contribution in [0.15, 0.2) is 60.8 Å². The van der Waals surface area contributed by atoms with Gasteiger partial charge in [0.05, 0.1) is 5.56 Å². The van der Waals surface area contributed by atoms with E-state index in [0.29, 0.717) is 28.6 Å². The van der Waals surface area contributed by atoms with E-state index in [-0.39, 0.29) is 12.7 Å². The second-order valence-corrected chi connectivity index (χ2v) is 6.52. The molecule has 4 rings (SSSR count). The summed E-state index contributed by atoms with van der Waals surface area (Å²) in [5, 5.41) is 2.65. The number of hydrogen-bond acceptors (Lipinski definition) is 6.